The largest absolute Gasteiger partial charge is 0.489 e. The summed E-state index contributed by atoms with van der Waals surface area (Å²) in [4.78, 5) is 0.0511. The van der Waals surface area contributed by atoms with Crippen molar-refractivity contribution >= 4 is 17.2 Å². The van der Waals surface area contributed by atoms with Crippen molar-refractivity contribution in [3.63, 3.8) is 0 Å². The molecule has 2 N–H and O–H groups in total. The molecule has 0 heterocycles. The lowest BCUT2D eigenvalue weighted by Gasteiger charge is -2.10. The van der Waals surface area contributed by atoms with Crippen molar-refractivity contribution in [3.8, 4) is 5.75 Å². The average molecular weight is 275 g/mol. The molecule has 0 atom stereocenters. The van der Waals surface area contributed by atoms with Crippen LogP contribution in [0.4, 0.5) is 4.39 Å². The molecule has 2 aromatic carbocycles. The molecule has 2 rings (SSSR count). The highest BCUT2D eigenvalue weighted by molar-refractivity contribution is 7.80. The molecule has 0 saturated heterocycles. The number of nitrogens with two attached hydrogens (primary N) is 1. The van der Waals surface area contributed by atoms with E-state index in [9.17, 15) is 4.39 Å². The maximum absolute atomic E-state index is 13.4. The minimum Gasteiger partial charge on any atom is -0.489 e. The Hall–Kier alpha value is -1.94. The second-order valence-electron chi connectivity index (χ2n) is 4.23. The van der Waals surface area contributed by atoms with Crippen LogP contribution in [0.1, 0.15) is 16.7 Å². The fraction of sp³-hybridized carbons (Fsp3) is 0.133. The summed E-state index contributed by atoms with van der Waals surface area (Å²) in [6.45, 7) is 2.32. The van der Waals surface area contributed by atoms with Crippen LogP contribution in [0.15, 0.2) is 42.5 Å². The summed E-state index contributed by atoms with van der Waals surface area (Å²) in [6.07, 6.45) is 0. The van der Waals surface area contributed by atoms with Crippen LogP contribution in [0, 0.1) is 12.7 Å². The SMILES string of the molecule is Cc1ccccc1OCc1ccc(F)c(C(N)=S)c1. The van der Waals surface area contributed by atoms with E-state index in [4.69, 9.17) is 22.7 Å². The lowest BCUT2D eigenvalue weighted by Crippen LogP contribution is -2.12. The topological polar surface area (TPSA) is 35.2 Å². The third kappa shape index (κ3) is 3.29. The minimum absolute atomic E-state index is 0.0511. The van der Waals surface area contributed by atoms with Crippen LogP contribution in [-0.2, 0) is 6.61 Å². The number of aryl methyl sites for hydroxylation is 1. The number of thiocarbonyl (C=S) groups is 1. The number of ether oxygens (including phenoxy) is 1. The molecular weight excluding hydrogens is 261 g/mol. The fourth-order valence-corrected chi connectivity index (χ4v) is 1.89. The Labute approximate surface area is 117 Å². The third-order valence-corrected chi connectivity index (χ3v) is 3.00. The third-order valence-electron chi connectivity index (χ3n) is 2.78. The van der Waals surface area contributed by atoms with Crippen LogP contribution in [0.25, 0.3) is 0 Å². The molecule has 0 amide bonds. The van der Waals surface area contributed by atoms with E-state index >= 15 is 0 Å². The molecule has 2 nitrogen and oxygen atoms in total. The monoisotopic (exact) mass is 275 g/mol. The maximum atomic E-state index is 13.4. The van der Waals surface area contributed by atoms with Crippen LogP contribution in [0.2, 0.25) is 0 Å². The van der Waals surface area contributed by atoms with Crippen LogP contribution in [-0.4, -0.2) is 4.99 Å². The fourth-order valence-electron chi connectivity index (χ4n) is 1.73. The molecule has 0 spiro atoms. The highest BCUT2D eigenvalue weighted by Crippen LogP contribution is 2.18. The van der Waals surface area contributed by atoms with Gasteiger partial charge in [0.15, 0.2) is 0 Å². The number of hydrogen-bond acceptors (Lipinski definition) is 2. The molecule has 0 radical (unpaired) electrons. The van der Waals surface area contributed by atoms with E-state index in [1.165, 1.54) is 6.07 Å². The average Bonchev–Trinajstić information content (AvgIpc) is 2.39. The van der Waals surface area contributed by atoms with Gasteiger partial charge in [0.05, 0.1) is 0 Å². The van der Waals surface area contributed by atoms with E-state index in [-0.39, 0.29) is 10.6 Å². The second-order valence-corrected chi connectivity index (χ2v) is 4.67. The number of rotatable bonds is 4. The molecule has 2 aromatic rings. The maximum Gasteiger partial charge on any atom is 0.133 e. The number of para-hydroxylation sites is 1. The van der Waals surface area contributed by atoms with Crippen LogP contribution in [0.3, 0.4) is 0 Å². The van der Waals surface area contributed by atoms with Crippen molar-refractivity contribution in [1.82, 2.24) is 0 Å². The summed E-state index contributed by atoms with van der Waals surface area (Å²) in [5.41, 5.74) is 7.60. The van der Waals surface area contributed by atoms with Gasteiger partial charge in [-0.15, -0.1) is 0 Å². The minimum atomic E-state index is -0.410. The van der Waals surface area contributed by atoms with Crippen molar-refractivity contribution in [3.05, 3.63) is 65.0 Å². The van der Waals surface area contributed by atoms with Crippen molar-refractivity contribution in [2.24, 2.45) is 5.73 Å². The molecule has 0 aliphatic rings. The Kier molecular flexibility index (Phi) is 4.12. The van der Waals surface area contributed by atoms with Crippen molar-refractivity contribution in [2.45, 2.75) is 13.5 Å². The predicted molar refractivity (Wildman–Crippen MR) is 77.8 cm³/mol. The summed E-state index contributed by atoms with van der Waals surface area (Å²) in [7, 11) is 0. The van der Waals surface area contributed by atoms with Crippen molar-refractivity contribution < 1.29 is 9.13 Å². The highest BCUT2D eigenvalue weighted by atomic mass is 32.1. The first-order chi connectivity index (χ1) is 9.08. The second kappa shape index (κ2) is 5.80. The summed E-state index contributed by atoms with van der Waals surface area (Å²) in [6, 6.07) is 12.4. The molecule has 98 valence electrons. The predicted octanol–water partition coefficient (Wildman–Crippen LogP) is 3.35. The molecule has 0 fully saturated rings. The first-order valence-corrected chi connectivity index (χ1v) is 6.25. The molecular formula is C15H14FNOS. The van der Waals surface area contributed by atoms with E-state index in [1.807, 2.05) is 31.2 Å². The lowest BCUT2D eigenvalue weighted by molar-refractivity contribution is 0.304. The Morgan fingerprint density at radius 1 is 1.26 bits per heavy atom. The number of benzene rings is 2. The molecule has 4 heteroatoms. The summed E-state index contributed by atoms with van der Waals surface area (Å²) < 4.78 is 19.1. The van der Waals surface area contributed by atoms with Gasteiger partial charge >= 0.3 is 0 Å². The first kappa shape index (κ1) is 13.5. The molecule has 0 unspecified atom stereocenters. The zero-order chi connectivity index (χ0) is 13.8. The normalized spacial score (nSPS) is 10.2. The molecule has 0 bridgehead atoms. The van der Waals surface area contributed by atoms with Gasteiger partial charge in [0, 0.05) is 5.56 Å². The van der Waals surface area contributed by atoms with Crippen LogP contribution in [0.5, 0.6) is 5.75 Å². The summed E-state index contributed by atoms with van der Waals surface area (Å²) in [5.74, 6) is 0.399. The van der Waals surface area contributed by atoms with Crippen LogP contribution < -0.4 is 10.5 Å². The zero-order valence-electron chi connectivity index (χ0n) is 10.5. The van der Waals surface area contributed by atoms with Crippen molar-refractivity contribution in [2.75, 3.05) is 0 Å². The lowest BCUT2D eigenvalue weighted by atomic mass is 10.1. The van der Waals surface area contributed by atoms with E-state index in [2.05, 4.69) is 0 Å². The Balaban J connectivity index is 2.14. The van der Waals surface area contributed by atoms with Gasteiger partial charge in [0.2, 0.25) is 0 Å². The Bertz CT molecular complexity index is 613. The summed E-state index contributed by atoms with van der Waals surface area (Å²) in [5, 5.41) is 0. The summed E-state index contributed by atoms with van der Waals surface area (Å²) >= 11 is 4.80. The Morgan fingerprint density at radius 3 is 2.68 bits per heavy atom. The van der Waals surface area contributed by atoms with Gasteiger partial charge in [-0.05, 0) is 36.2 Å². The van der Waals surface area contributed by atoms with Crippen LogP contribution >= 0.6 is 12.2 Å². The molecule has 0 aliphatic heterocycles. The van der Waals surface area contributed by atoms with E-state index in [0.717, 1.165) is 16.9 Å². The molecule has 19 heavy (non-hydrogen) atoms. The zero-order valence-corrected chi connectivity index (χ0v) is 11.3. The molecule has 0 saturated carbocycles. The van der Waals surface area contributed by atoms with Gasteiger partial charge in [-0.1, -0.05) is 36.5 Å². The van der Waals surface area contributed by atoms with Gasteiger partial charge in [-0.25, -0.2) is 4.39 Å². The van der Waals surface area contributed by atoms with Gasteiger partial charge in [0.25, 0.3) is 0 Å². The standard InChI is InChI=1S/C15H14FNOS/c1-10-4-2-3-5-14(10)18-9-11-6-7-13(16)12(8-11)15(17)19/h2-8H,9H2,1H3,(H2,17,19). The first-order valence-electron chi connectivity index (χ1n) is 5.84. The quantitative estimate of drug-likeness (QED) is 0.869. The van der Waals surface area contributed by atoms with Gasteiger partial charge in [-0.2, -0.15) is 0 Å². The smallest absolute Gasteiger partial charge is 0.133 e. The van der Waals surface area contributed by atoms with Gasteiger partial charge < -0.3 is 10.5 Å². The number of halogens is 1. The van der Waals surface area contributed by atoms with Gasteiger partial charge in [0.1, 0.15) is 23.2 Å². The highest BCUT2D eigenvalue weighted by Gasteiger charge is 2.07. The van der Waals surface area contributed by atoms with E-state index < -0.39 is 5.82 Å². The van der Waals surface area contributed by atoms with Crippen molar-refractivity contribution in [1.29, 1.82) is 0 Å². The molecule has 0 aromatic heterocycles. The molecule has 0 aliphatic carbocycles. The van der Waals surface area contributed by atoms with Gasteiger partial charge in [-0.3, -0.25) is 0 Å². The number of hydrogen-bond donors (Lipinski definition) is 1. The van der Waals surface area contributed by atoms with E-state index in [1.54, 1.807) is 12.1 Å². The Morgan fingerprint density at radius 2 is 2.00 bits per heavy atom. The van der Waals surface area contributed by atoms with E-state index in [0.29, 0.717) is 6.61 Å².